The van der Waals surface area contributed by atoms with Gasteiger partial charge in [0.2, 0.25) is 0 Å². The van der Waals surface area contributed by atoms with Crippen LogP contribution in [0.1, 0.15) is 33.1 Å². The van der Waals surface area contributed by atoms with Gasteiger partial charge in [-0.05, 0) is 33.1 Å². The number of nitrogens with one attached hydrogen (secondary N) is 1. The maximum Gasteiger partial charge on any atom is 0.306 e. The van der Waals surface area contributed by atoms with E-state index in [4.69, 9.17) is 10.2 Å². The molecule has 0 aromatic rings. The summed E-state index contributed by atoms with van der Waals surface area (Å²) in [5, 5.41) is 17.8. The van der Waals surface area contributed by atoms with Crippen LogP contribution in [0, 0.1) is 5.92 Å². The average molecular weight is 294 g/mol. The van der Waals surface area contributed by atoms with Crippen LogP contribution in [-0.2, 0) is 15.0 Å². The Morgan fingerprint density at radius 3 is 2.32 bits per heavy atom. The van der Waals surface area contributed by atoms with Crippen molar-refractivity contribution in [3.8, 4) is 0 Å². The summed E-state index contributed by atoms with van der Waals surface area (Å²) in [5.41, 5.74) is -0.725. The van der Waals surface area contributed by atoms with Crippen LogP contribution < -0.4 is 4.72 Å². The lowest BCUT2D eigenvalue weighted by atomic mass is 9.99. The molecule has 0 bridgehead atoms. The highest BCUT2D eigenvalue weighted by Gasteiger charge is 2.33. The smallest absolute Gasteiger partial charge is 0.306 e. The maximum atomic E-state index is 12.1. The van der Waals surface area contributed by atoms with E-state index in [0.717, 1.165) is 0 Å². The average Bonchev–Trinajstić information content (AvgIpc) is 2.27. The van der Waals surface area contributed by atoms with Crippen molar-refractivity contribution in [3.63, 3.8) is 0 Å². The van der Waals surface area contributed by atoms with Gasteiger partial charge in [-0.1, -0.05) is 0 Å². The van der Waals surface area contributed by atoms with Gasteiger partial charge < -0.3 is 10.2 Å². The number of rotatable bonds is 6. The highest BCUT2D eigenvalue weighted by molar-refractivity contribution is 7.87. The molecule has 0 aliphatic carbocycles. The molecular weight excluding hydrogens is 272 g/mol. The molecule has 0 aromatic heterocycles. The summed E-state index contributed by atoms with van der Waals surface area (Å²) in [4.78, 5) is 10.8. The molecule has 8 heteroatoms. The molecule has 3 N–H and O–H groups in total. The van der Waals surface area contributed by atoms with E-state index in [1.165, 1.54) is 4.31 Å². The van der Waals surface area contributed by atoms with E-state index in [-0.39, 0.29) is 19.7 Å². The van der Waals surface area contributed by atoms with Crippen LogP contribution >= 0.6 is 0 Å². The first-order valence-electron chi connectivity index (χ1n) is 6.31. The lowest BCUT2D eigenvalue weighted by molar-refractivity contribution is -0.142. The van der Waals surface area contributed by atoms with Crippen molar-refractivity contribution < 1.29 is 23.4 Å². The number of hydrogen-bond acceptors (Lipinski definition) is 4. The minimum atomic E-state index is -3.63. The van der Waals surface area contributed by atoms with Gasteiger partial charge in [-0.3, -0.25) is 4.79 Å². The third-order valence-corrected chi connectivity index (χ3v) is 5.14. The van der Waals surface area contributed by atoms with Gasteiger partial charge in [0, 0.05) is 25.2 Å². The monoisotopic (exact) mass is 294 g/mol. The summed E-state index contributed by atoms with van der Waals surface area (Å²) in [6, 6.07) is 0. The third kappa shape index (κ3) is 4.72. The number of hydrogen-bond donors (Lipinski definition) is 3. The fourth-order valence-electron chi connectivity index (χ4n) is 2.09. The molecule has 0 saturated carbocycles. The predicted molar refractivity (Wildman–Crippen MR) is 69.8 cm³/mol. The second kappa shape index (κ2) is 6.17. The summed E-state index contributed by atoms with van der Waals surface area (Å²) in [6.45, 7) is 3.72. The van der Waals surface area contributed by atoms with Crippen molar-refractivity contribution >= 4 is 16.2 Å². The molecule has 7 nitrogen and oxygen atoms in total. The maximum absolute atomic E-state index is 12.1. The minimum absolute atomic E-state index is 0.101. The Bertz CT molecular complexity index is 413. The standard InChI is InChI=1S/C11H22N2O5S/c1-11(2,5-8-14)12-19(17,18)13-6-3-9(4-7-13)10(15)16/h9,12,14H,3-8H2,1-2H3,(H,15,16). The molecule has 0 unspecified atom stereocenters. The lowest BCUT2D eigenvalue weighted by Gasteiger charge is -2.33. The van der Waals surface area contributed by atoms with Gasteiger partial charge >= 0.3 is 5.97 Å². The van der Waals surface area contributed by atoms with Crippen LogP contribution in [0.25, 0.3) is 0 Å². The van der Waals surface area contributed by atoms with Crippen LogP contribution in [0.2, 0.25) is 0 Å². The summed E-state index contributed by atoms with van der Waals surface area (Å²) in [7, 11) is -3.63. The van der Waals surface area contributed by atoms with Gasteiger partial charge in [0.05, 0.1) is 5.92 Å². The predicted octanol–water partition coefficient (Wildman–Crippen LogP) is -0.222. The number of piperidine rings is 1. The summed E-state index contributed by atoms with van der Waals surface area (Å²) < 4.78 is 28.1. The first kappa shape index (κ1) is 16.4. The Kier molecular flexibility index (Phi) is 5.31. The first-order chi connectivity index (χ1) is 8.68. The molecule has 0 atom stereocenters. The molecule has 1 saturated heterocycles. The van der Waals surface area contributed by atoms with Gasteiger partial charge in [-0.2, -0.15) is 17.4 Å². The zero-order chi connectivity index (χ0) is 14.7. The molecular formula is C11H22N2O5S. The largest absolute Gasteiger partial charge is 0.481 e. The summed E-state index contributed by atoms with van der Waals surface area (Å²) in [5.74, 6) is -1.33. The van der Waals surface area contributed by atoms with E-state index in [1.807, 2.05) is 0 Å². The van der Waals surface area contributed by atoms with Crippen LogP contribution in [0.15, 0.2) is 0 Å². The van der Waals surface area contributed by atoms with Crippen LogP contribution in [0.4, 0.5) is 0 Å². The van der Waals surface area contributed by atoms with Gasteiger partial charge in [0.15, 0.2) is 0 Å². The van der Waals surface area contributed by atoms with Crippen LogP contribution in [-0.4, -0.2) is 54.1 Å². The summed E-state index contributed by atoms with van der Waals surface area (Å²) >= 11 is 0. The number of aliphatic hydroxyl groups is 1. The number of carboxylic acids is 1. The highest BCUT2D eigenvalue weighted by atomic mass is 32.2. The molecule has 112 valence electrons. The van der Waals surface area contributed by atoms with Crippen LogP contribution in [0.5, 0.6) is 0 Å². The second-order valence-corrected chi connectivity index (χ2v) is 7.15. The van der Waals surface area contributed by atoms with E-state index in [0.29, 0.717) is 19.3 Å². The van der Waals surface area contributed by atoms with Gasteiger partial charge in [0.25, 0.3) is 10.2 Å². The van der Waals surface area contributed by atoms with E-state index >= 15 is 0 Å². The van der Waals surface area contributed by atoms with E-state index in [1.54, 1.807) is 13.8 Å². The van der Waals surface area contributed by atoms with Crippen LogP contribution in [0.3, 0.4) is 0 Å². The normalized spacial score (nSPS) is 19.5. The van der Waals surface area contributed by atoms with Gasteiger partial charge in [-0.15, -0.1) is 0 Å². The SMILES string of the molecule is CC(C)(CCO)NS(=O)(=O)N1CCC(C(=O)O)CC1. The number of nitrogens with zero attached hydrogens (tertiary/aromatic N) is 1. The second-order valence-electron chi connectivity index (χ2n) is 5.48. The Balaban J connectivity index is 2.63. The van der Waals surface area contributed by atoms with E-state index < -0.39 is 27.6 Å². The quantitative estimate of drug-likeness (QED) is 0.628. The molecule has 1 fully saturated rings. The van der Waals surface area contributed by atoms with Crippen molar-refractivity contribution in [2.24, 2.45) is 5.92 Å². The van der Waals surface area contributed by atoms with Crippen molar-refractivity contribution in [2.75, 3.05) is 19.7 Å². The minimum Gasteiger partial charge on any atom is -0.481 e. The Labute approximate surface area is 113 Å². The van der Waals surface area contributed by atoms with Gasteiger partial charge in [-0.25, -0.2) is 0 Å². The molecule has 1 rings (SSSR count). The van der Waals surface area contributed by atoms with Gasteiger partial charge in [0.1, 0.15) is 0 Å². The highest BCUT2D eigenvalue weighted by Crippen LogP contribution is 2.20. The van der Waals surface area contributed by atoms with Crippen molar-refractivity contribution in [3.05, 3.63) is 0 Å². The Morgan fingerprint density at radius 2 is 1.89 bits per heavy atom. The lowest BCUT2D eigenvalue weighted by Crippen LogP contribution is -2.52. The zero-order valence-corrected chi connectivity index (χ0v) is 12.1. The number of aliphatic carboxylic acids is 1. The molecule has 1 aliphatic rings. The topological polar surface area (TPSA) is 107 Å². The first-order valence-corrected chi connectivity index (χ1v) is 7.75. The van der Waals surface area contributed by atoms with Crippen molar-refractivity contribution in [1.29, 1.82) is 0 Å². The molecule has 1 heterocycles. The van der Waals surface area contributed by atoms with E-state index in [9.17, 15) is 13.2 Å². The molecule has 0 aromatic carbocycles. The Morgan fingerprint density at radius 1 is 1.37 bits per heavy atom. The van der Waals surface area contributed by atoms with E-state index in [2.05, 4.69) is 4.72 Å². The molecule has 1 aliphatic heterocycles. The molecule has 19 heavy (non-hydrogen) atoms. The third-order valence-electron chi connectivity index (χ3n) is 3.29. The molecule has 0 radical (unpaired) electrons. The fraction of sp³-hybridized carbons (Fsp3) is 0.909. The number of carboxylic acid groups (broad SMARTS) is 1. The summed E-state index contributed by atoms with van der Waals surface area (Å²) in [6.07, 6.45) is 0.977. The zero-order valence-electron chi connectivity index (χ0n) is 11.3. The van der Waals surface area contributed by atoms with Crippen molar-refractivity contribution in [1.82, 2.24) is 9.03 Å². The number of carbonyl (C=O) groups is 1. The van der Waals surface area contributed by atoms with Crippen molar-refractivity contribution in [2.45, 2.75) is 38.6 Å². The Hall–Kier alpha value is -0.700. The number of aliphatic hydroxyl groups excluding tert-OH is 1. The fourth-order valence-corrected chi connectivity index (χ4v) is 3.71. The molecule has 0 amide bonds. The molecule has 0 spiro atoms.